The van der Waals surface area contributed by atoms with Crippen LogP contribution in [0.1, 0.15) is 56.1 Å². The van der Waals surface area contributed by atoms with Gasteiger partial charge < -0.3 is 4.74 Å². The Bertz CT molecular complexity index is 623. The number of hydrogen-bond acceptors (Lipinski definition) is 1. The summed E-state index contributed by atoms with van der Waals surface area (Å²) in [5.74, 6) is 5.03. The minimum atomic E-state index is 0.499. The molecule has 3 aliphatic rings. The Morgan fingerprint density at radius 1 is 0.920 bits per heavy atom. The quantitative estimate of drug-likeness (QED) is 0.643. The summed E-state index contributed by atoms with van der Waals surface area (Å²) in [6.07, 6.45) is 14.3. The van der Waals surface area contributed by atoms with E-state index < -0.39 is 0 Å². The molecule has 0 aliphatic heterocycles. The average Bonchev–Trinajstić information content (AvgIpc) is 2.67. The lowest BCUT2D eigenvalue weighted by Gasteiger charge is -2.44. The molecule has 1 aromatic carbocycles. The van der Waals surface area contributed by atoms with Crippen LogP contribution in [-0.4, -0.2) is 7.11 Å². The van der Waals surface area contributed by atoms with E-state index in [0.29, 0.717) is 5.92 Å². The van der Waals surface area contributed by atoms with Gasteiger partial charge in [0.2, 0.25) is 0 Å². The normalized spacial score (nSPS) is 35.2. The Labute approximate surface area is 151 Å². The van der Waals surface area contributed by atoms with Crippen LogP contribution in [-0.2, 0) is 12.8 Å². The minimum absolute atomic E-state index is 0.499. The smallest absolute Gasteiger partial charge is 0.119 e. The molecule has 0 spiro atoms. The van der Waals surface area contributed by atoms with Gasteiger partial charge in [-0.25, -0.2) is 4.39 Å². The van der Waals surface area contributed by atoms with Gasteiger partial charge in [-0.3, -0.25) is 0 Å². The lowest BCUT2D eigenvalue weighted by molar-refractivity contribution is 0.0809. The Kier molecular flexibility index (Phi) is 5.15. The number of aryl methyl sites for hydroxylation is 1. The fourth-order valence-electron chi connectivity index (χ4n) is 5.96. The number of allylic oxidation sites excluding steroid dienone is 1. The lowest BCUT2D eigenvalue weighted by Crippen LogP contribution is -2.34. The molecule has 0 aromatic heterocycles. The zero-order valence-electron chi connectivity index (χ0n) is 15.4. The summed E-state index contributed by atoms with van der Waals surface area (Å²) in [6.45, 7) is 0. The highest BCUT2D eigenvalue weighted by molar-refractivity contribution is 5.37. The molecule has 2 saturated carbocycles. The van der Waals surface area contributed by atoms with Crippen LogP contribution in [0.4, 0.5) is 4.39 Å². The van der Waals surface area contributed by atoms with Crippen LogP contribution < -0.4 is 4.74 Å². The molecular weight excluding hydrogens is 311 g/mol. The summed E-state index contributed by atoms with van der Waals surface area (Å²) >= 11 is 0. The molecule has 0 radical (unpaired) electrons. The van der Waals surface area contributed by atoms with Gasteiger partial charge in [0, 0.05) is 0 Å². The summed E-state index contributed by atoms with van der Waals surface area (Å²) in [7, 11) is 1.75. The van der Waals surface area contributed by atoms with Crippen LogP contribution in [0.3, 0.4) is 0 Å². The Hall–Kier alpha value is -1.31. The first kappa shape index (κ1) is 17.1. The van der Waals surface area contributed by atoms with Crippen molar-refractivity contribution in [1.29, 1.82) is 0 Å². The zero-order valence-corrected chi connectivity index (χ0v) is 15.4. The second-order valence-corrected chi connectivity index (χ2v) is 8.62. The van der Waals surface area contributed by atoms with Crippen LogP contribution >= 0.6 is 0 Å². The largest absolute Gasteiger partial charge is 0.497 e. The Balaban J connectivity index is 1.38. The number of hydrogen-bond donors (Lipinski definition) is 0. The van der Waals surface area contributed by atoms with Crippen molar-refractivity contribution in [2.24, 2.45) is 29.6 Å². The van der Waals surface area contributed by atoms with Crippen LogP contribution in [0, 0.1) is 29.6 Å². The molecule has 0 saturated heterocycles. The van der Waals surface area contributed by atoms with Gasteiger partial charge >= 0.3 is 0 Å². The molecule has 0 bridgehead atoms. The highest BCUT2D eigenvalue weighted by atomic mass is 19.1. The SMILES string of the molecule is COc1ccc2c(c1)CCC(C1CCC3CC(/C=C/F)CCC3C1)C2. The Morgan fingerprint density at radius 3 is 2.48 bits per heavy atom. The monoisotopic (exact) mass is 342 g/mol. The molecule has 0 amide bonds. The molecule has 5 unspecified atom stereocenters. The van der Waals surface area contributed by atoms with Gasteiger partial charge in [-0.1, -0.05) is 12.1 Å². The maximum absolute atomic E-state index is 12.5. The zero-order chi connectivity index (χ0) is 17.2. The van der Waals surface area contributed by atoms with Gasteiger partial charge in [0.15, 0.2) is 0 Å². The summed E-state index contributed by atoms with van der Waals surface area (Å²) in [6, 6.07) is 6.65. The topological polar surface area (TPSA) is 9.23 Å². The second-order valence-electron chi connectivity index (χ2n) is 8.62. The van der Waals surface area contributed by atoms with Gasteiger partial charge in [0.05, 0.1) is 13.4 Å². The minimum Gasteiger partial charge on any atom is -0.497 e. The number of methoxy groups -OCH3 is 1. The van der Waals surface area contributed by atoms with Gasteiger partial charge in [-0.2, -0.15) is 0 Å². The van der Waals surface area contributed by atoms with E-state index in [1.807, 2.05) is 0 Å². The molecule has 136 valence electrons. The van der Waals surface area contributed by atoms with Crippen molar-refractivity contribution in [3.63, 3.8) is 0 Å². The van der Waals surface area contributed by atoms with Crippen molar-refractivity contribution in [3.05, 3.63) is 41.7 Å². The molecule has 2 fully saturated rings. The molecule has 3 aliphatic carbocycles. The van der Waals surface area contributed by atoms with Gasteiger partial charge in [-0.15, -0.1) is 0 Å². The fourth-order valence-corrected chi connectivity index (χ4v) is 5.96. The molecule has 1 aromatic rings. The van der Waals surface area contributed by atoms with E-state index >= 15 is 0 Å². The number of ether oxygens (including phenoxy) is 1. The molecule has 0 N–H and O–H groups in total. The van der Waals surface area contributed by atoms with Gasteiger partial charge in [0.25, 0.3) is 0 Å². The average molecular weight is 342 g/mol. The summed E-state index contributed by atoms with van der Waals surface area (Å²) < 4.78 is 17.9. The predicted molar refractivity (Wildman–Crippen MR) is 100 cm³/mol. The van der Waals surface area contributed by atoms with E-state index in [2.05, 4.69) is 18.2 Å². The third kappa shape index (κ3) is 3.64. The lowest BCUT2D eigenvalue weighted by atomic mass is 9.61. The van der Waals surface area contributed by atoms with Crippen molar-refractivity contribution in [2.45, 2.75) is 57.8 Å². The van der Waals surface area contributed by atoms with Crippen LogP contribution in [0.5, 0.6) is 5.75 Å². The van der Waals surface area contributed by atoms with E-state index in [0.717, 1.165) is 35.8 Å². The summed E-state index contributed by atoms with van der Waals surface area (Å²) in [5, 5.41) is 0. The van der Waals surface area contributed by atoms with E-state index in [-0.39, 0.29) is 0 Å². The molecular formula is C23H31FO. The molecule has 0 heterocycles. The summed E-state index contributed by atoms with van der Waals surface area (Å²) in [5.41, 5.74) is 3.05. The van der Waals surface area contributed by atoms with Crippen LogP contribution in [0.15, 0.2) is 30.6 Å². The number of halogens is 1. The highest BCUT2D eigenvalue weighted by Crippen LogP contribution is 2.48. The van der Waals surface area contributed by atoms with Gasteiger partial charge in [-0.05, 0) is 111 Å². The number of rotatable bonds is 3. The number of fused-ring (bicyclic) bond motifs is 2. The molecule has 5 atom stereocenters. The molecule has 25 heavy (non-hydrogen) atoms. The predicted octanol–water partition coefficient (Wildman–Crippen LogP) is 6.12. The van der Waals surface area contributed by atoms with Crippen LogP contribution in [0.2, 0.25) is 0 Å². The van der Waals surface area contributed by atoms with E-state index in [9.17, 15) is 4.39 Å². The van der Waals surface area contributed by atoms with Crippen molar-refractivity contribution >= 4 is 0 Å². The first-order valence-electron chi connectivity index (χ1n) is 10.2. The second kappa shape index (κ2) is 7.51. The van der Waals surface area contributed by atoms with Crippen LogP contribution in [0.25, 0.3) is 0 Å². The van der Waals surface area contributed by atoms with E-state index in [1.54, 1.807) is 18.7 Å². The van der Waals surface area contributed by atoms with Gasteiger partial charge in [0.1, 0.15) is 5.75 Å². The van der Waals surface area contributed by atoms with E-state index in [4.69, 9.17) is 4.74 Å². The third-order valence-electron chi connectivity index (χ3n) is 7.39. The van der Waals surface area contributed by atoms with Crippen molar-refractivity contribution in [1.82, 2.24) is 0 Å². The van der Waals surface area contributed by atoms with E-state index in [1.165, 1.54) is 63.4 Å². The molecule has 2 heteroatoms. The number of benzene rings is 1. The fraction of sp³-hybridized carbons (Fsp3) is 0.652. The summed E-state index contributed by atoms with van der Waals surface area (Å²) in [4.78, 5) is 0. The molecule has 1 nitrogen and oxygen atoms in total. The van der Waals surface area contributed by atoms with Crippen molar-refractivity contribution in [2.75, 3.05) is 7.11 Å². The Morgan fingerprint density at radius 2 is 1.68 bits per heavy atom. The first-order chi connectivity index (χ1) is 12.3. The maximum atomic E-state index is 12.5. The van der Waals surface area contributed by atoms with Crippen molar-refractivity contribution in [3.8, 4) is 5.75 Å². The third-order valence-corrected chi connectivity index (χ3v) is 7.39. The first-order valence-corrected chi connectivity index (χ1v) is 10.2. The maximum Gasteiger partial charge on any atom is 0.119 e. The molecule has 4 rings (SSSR count). The highest BCUT2D eigenvalue weighted by Gasteiger charge is 2.38. The standard InChI is InChI=1S/C23H31FO/c1-25-23-9-8-21-14-20(6-7-22(21)15-23)19-5-4-17-12-16(10-11-24)2-3-18(17)13-19/h8-11,15-20H,2-7,12-14H2,1H3/b11-10+. The van der Waals surface area contributed by atoms with Crippen molar-refractivity contribution < 1.29 is 9.13 Å².